The van der Waals surface area contributed by atoms with Crippen LogP contribution in [0.4, 0.5) is 15.6 Å². The van der Waals surface area contributed by atoms with Crippen LogP contribution < -0.4 is 20.7 Å². The Hall–Kier alpha value is -2.61. The number of ether oxygens (including phenoxy) is 1. The monoisotopic (exact) mass is 348 g/mol. The number of anilines is 2. The highest BCUT2D eigenvalue weighted by Gasteiger charge is 2.08. The molecule has 0 unspecified atom stereocenters. The predicted octanol–water partition coefficient (Wildman–Crippen LogP) is 2.86. The molecule has 0 fully saturated rings. The molecule has 2 aromatic rings. The summed E-state index contributed by atoms with van der Waals surface area (Å²) in [4.78, 5) is 27.7. The van der Waals surface area contributed by atoms with Gasteiger partial charge in [-0.25, -0.2) is 9.78 Å². The maximum atomic E-state index is 11.9. The zero-order valence-corrected chi connectivity index (χ0v) is 14.4. The van der Waals surface area contributed by atoms with E-state index >= 15 is 0 Å². The number of hydrogen-bond donors (Lipinski definition) is 3. The zero-order valence-electron chi connectivity index (χ0n) is 13.6. The summed E-state index contributed by atoms with van der Waals surface area (Å²) in [6.07, 6.45) is 0.930. The number of thiazole rings is 1. The average molecular weight is 348 g/mol. The fourth-order valence-corrected chi connectivity index (χ4v) is 2.68. The van der Waals surface area contributed by atoms with E-state index in [4.69, 9.17) is 4.74 Å². The molecule has 1 aromatic heterocycles. The lowest BCUT2D eigenvalue weighted by Crippen LogP contribution is -2.22. The third-order valence-electron chi connectivity index (χ3n) is 3.10. The number of aryl methyl sites for hydroxylation is 1. The van der Waals surface area contributed by atoms with E-state index in [1.807, 2.05) is 12.3 Å². The molecule has 3 N–H and O–H groups in total. The van der Waals surface area contributed by atoms with E-state index in [0.29, 0.717) is 30.2 Å². The number of amides is 3. The molecule has 0 aliphatic heterocycles. The third kappa shape index (κ3) is 5.54. The number of nitrogens with one attached hydrogen (secondary N) is 3. The van der Waals surface area contributed by atoms with Crippen LogP contribution in [-0.2, 0) is 11.2 Å². The van der Waals surface area contributed by atoms with Crippen molar-refractivity contribution in [3.8, 4) is 5.75 Å². The molecule has 0 spiro atoms. The topological polar surface area (TPSA) is 92.4 Å². The molecule has 0 bridgehead atoms. The number of methoxy groups -OCH3 is 1. The second-order valence-electron chi connectivity index (χ2n) is 4.91. The highest BCUT2D eigenvalue weighted by atomic mass is 32.1. The van der Waals surface area contributed by atoms with Crippen molar-refractivity contribution in [2.45, 2.75) is 19.8 Å². The van der Waals surface area contributed by atoms with Crippen LogP contribution in [0.15, 0.2) is 29.6 Å². The molecule has 0 radical (unpaired) electrons. The maximum Gasteiger partial charge on any atom is 0.325 e. The lowest BCUT2D eigenvalue weighted by atomic mass is 10.2. The summed E-state index contributed by atoms with van der Waals surface area (Å²) < 4.78 is 5.06. The second kappa shape index (κ2) is 8.88. The Morgan fingerprint density at radius 2 is 1.96 bits per heavy atom. The highest BCUT2D eigenvalue weighted by Crippen LogP contribution is 2.18. The molecule has 0 aliphatic rings. The summed E-state index contributed by atoms with van der Waals surface area (Å²) in [5, 5.41) is 10.5. The van der Waals surface area contributed by atoms with Crippen molar-refractivity contribution >= 4 is 34.1 Å². The first-order valence-corrected chi connectivity index (χ1v) is 8.42. The number of benzene rings is 1. The molecule has 7 nitrogen and oxygen atoms in total. The van der Waals surface area contributed by atoms with Gasteiger partial charge in [0.25, 0.3) is 0 Å². The van der Waals surface area contributed by atoms with E-state index in [1.54, 1.807) is 31.4 Å². The van der Waals surface area contributed by atoms with Gasteiger partial charge in [-0.1, -0.05) is 0 Å². The van der Waals surface area contributed by atoms with Crippen molar-refractivity contribution in [3.05, 3.63) is 35.3 Å². The molecule has 128 valence electrons. The van der Waals surface area contributed by atoms with Crippen LogP contribution >= 0.6 is 11.3 Å². The van der Waals surface area contributed by atoms with Crippen LogP contribution in [0.5, 0.6) is 5.75 Å². The SMILES string of the molecule is CCNC(=O)CCc1csc(NC(=O)Nc2ccc(OC)cc2)n1. The molecule has 3 amide bonds. The van der Waals surface area contributed by atoms with E-state index in [2.05, 4.69) is 20.9 Å². The molecule has 0 atom stereocenters. The smallest absolute Gasteiger partial charge is 0.325 e. The molecule has 0 aliphatic carbocycles. The lowest BCUT2D eigenvalue weighted by molar-refractivity contribution is -0.120. The number of rotatable bonds is 7. The van der Waals surface area contributed by atoms with Crippen LogP contribution in [0.2, 0.25) is 0 Å². The van der Waals surface area contributed by atoms with Gasteiger partial charge in [0.2, 0.25) is 5.91 Å². The van der Waals surface area contributed by atoms with Crippen LogP contribution in [0.1, 0.15) is 19.0 Å². The molecule has 2 rings (SSSR count). The minimum Gasteiger partial charge on any atom is -0.497 e. The molecule has 1 heterocycles. The Kier molecular flexibility index (Phi) is 6.56. The summed E-state index contributed by atoms with van der Waals surface area (Å²) in [5.41, 5.74) is 1.44. The fourth-order valence-electron chi connectivity index (χ4n) is 1.94. The molecular formula is C16H20N4O3S. The summed E-state index contributed by atoms with van der Waals surface area (Å²) in [7, 11) is 1.58. The molecule has 0 saturated heterocycles. The van der Waals surface area contributed by atoms with Gasteiger partial charge in [-0.15, -0.1) is 11.3 Å². The Morgan fingerprint density at radius 3 is 2.62 bits per heavy atom. The summed E-state index contributed by atoms with van der Waals surface area (Å²) in [5.74, 6) is 0.717. The van der Waals surface area contributed by atoms with Crippen LogP contribution in [0.3, 0.4) is 0 Å². The highest BCUT2D eigenvalue weighted by molar-refractivity contribution is 7.13. The van der Waals surface area contributed by atoms with Gasteiger partial charge >= 0.3 is 6.03 Å². The van der Waals surface area contributed by atoms with Gasteiger partial charge in [0, 0.05) is 24.0 Å². The number of carbonyl (C=O) groups excluding carboxylic acids is 2. The van der Waals surface area contributed by atoms with E-state index in [9.17, 15) is 9.59 Å². The van der Waals surface area contributed by atoms with Crippen LogP contribution in [-0.4, -0.2) is 30.6 Å². The quantitative estimate of drug-likeness (QED) is 0.717. The normalized spacial score (nSPS) is 10.1. The van der Waals surface area contributed by atoms with Crippen molar-refractivity contribution in [1.82, 2.24) is 10.3 Å². The molecule has 8 heteroatoms. The van der Waals surface area contributed by atoms with E-state index in [1.165, 1.54) is 11.3 Å². The fraction of sp³-hybridized carbons (Fsp3) is 0.312. The second-order valence-corrected chi connectivity index (χ2v) is 5.76. The number of aromatic nitrogens is 1. The van der Waals surface area contributed by atoms with Gasteiger partial charge in [-0.2, -0.15) is 0 Å². The first kappa shape index (κ1) is 17.7. The van der Waals surface area contributed by atoms with Gasteiger partial charge in [0.05, 0.1) is 12.8 Å². The van der Waals surface area contributed by atoms with Crippen molar-refractivity contribution in [3.63, 3.8) is 0 Å². The van der Waals surface area contributed by atoms with E-state index in [0.717, 1.165) is 11.4 Å². The third-order valence-corrected chi connectivity index (χ3v) is 3.91. The number of nitrogens with zero attached hydrogens (tertiary/aromatic N) is 1. The number of carbonyl (C=O) groups is 2. The van der Waals surface area contributed by atoms with Gasteiger partial charge in [-0.05, 0) is 37.6 Å². The minimum atomic E-state index is -0.371. The summed E-state index contributed by atoms with van der Waals surface area (Å²) in [6.45, 7) is 2.50. The van der Waals surface area contributed by atoms with Crippen molar-refractivity contribution in [1.29, 1.82) is 0 Å². The van der Waals surface area contributed by atoms with Gasteiger partial charge in [-0.3, -0.25) is 10.1 Å². The van der Waals surface area contributed by atoms with Crippen molar-refractivity contribution in [2.75, 3.05) is 24.3 Å². The number of urea groups is 1. The Balaban J connectivity index is 1.82. The van der Waals surface area contributed by atoms with Gasteiger partial charge in [0.1, 0.15) is 5.75 Å². The Labute approximate surface area is 144 Å². The standard InChI is InChI=1S/C16H20N4O3S/c1-3-17-14(21)9-6-12-10-24-16(19-12)20-15(22)18-11-4-7-13(23-2)8-5-11/h4-5,7-8,10H,3,6,9H2,1-2H3,(H,17,21)(H2,18,19,20,22). The predicted molar refractivity (Wildman–Crippen MR) is 94.8 cm³/mol. The van der Waals surface area contributed by atoms with Crippen LogP contribution in [0.25, 0.3) is 0 Å². The maximum absolute atomic E-state index is 11.9. The molecule has 1 aromatic carbocycles. The molecule has 0 saturated carbocycles. The van der Waals surface area contributed by atoms with E-state index in [-0.39, 0.29) is 11.9 Å². The van der Waals surface area contributed by atoms with Crippen molar-refractivity contribution < 1.29 is 14.3 Å². The van der Waals surface area contributed by atoms with E-state index < -0.39 is 0 Å². The van der Waals surface area contributed by atoms with Crippen LogP contribution in [0, 0.1) is 0 Å². The Morgan fingerprint density at radius 1 is 1.21 bits per heavy atom. The lowest BCUT2D eigenvalue weighted by Gasteiger charge is -2.06. The van der Waals surface area contributed by atoms with Crippen molar-refractivity contribution in [2.24, 2.45) is 0 Å². The Bertz CT molecular complexity index is 685. The first-order chi connectivity index (χ1) is 11.6. The molecule has 24 heavy (non-hydrogen) atoms. The average Bonchev–Trinajstić information content (AvgIpc) is 3.01. The van der Waals surface area contributed by atoms with Gasteiger partial charge in [0.15, 0.2) is 5.13 Å². The summed E-state index contributed by atoms with van der Waals surface area (Å²) in [6, 6.07) is 6.65. The largest absolute Gasteiger partial charge is 0.497 e. The summed E-state index contributed by atoms with van der Waals surface area (Å²) >= 11 is 1.32. The number of hydrogen-bond acceptors (Lipinski definition) is 5. The minimum absolute atomic E-state index is 0.00254. The molecular weight excluding hydrogens is 328 g/mol. The zero-order chi connectivity index (χ0) is 17.4. The first-order valence-electron chi connectivity index (χ1n) is 7.54. The van der Waals surface area contributed by atoms with Gasteiger partial charge < -0.3 is 15.4 Å².